The highest BCUT2D eigenvalue weighted by molar-refractivity contribution is 5.98. The number of benzene rings is 2. The summed E-state index contributed by atoms with van der Waals surface area (Å²) in [6.07, 6.45) is 0.831. The maximum absolute atomic E-state index is 12.7. The summed E-state index contributed by atoms with van der Waals surface area (Å²) in [5.74, 6) is 0.264. The summed E-state index contributed by atoms with van der Waals surface area (Å²) in [6.45, 7) is 2.05. The van der Waals surface area contributed by atoms with Crippen LogP contribution in [-0.4, -0.2) is 23.0 Å². The minimum atomic E-state index is -0.629. The number of hydrogen-bond donors (Lipinski definition) is 3. The monoisotopic (exact) mass is 350 g/mol. The van der Waals surface area contributed by atoms with E-state index in [2.05, 4.69) is 17.6 Å². The fraction of sp³-hybridized carbons (Fsp3) is 0.333. The SMILES string of the molecule is CC1CC1C(=O)Nc1cccc(C(=O)N[C@H]2c3ccccc3C[C@H]2O)c1. The smallest absolute Gasteiger partial charge is 0.251 e. The van der Waals surface area contributed by atoms with Gasteiger partial charge in [0, 0.05) is 23.6 Å². The van der Waals surface area contributed by atoms with Gasteiger partial charge < -0.3 is 15.7 Å². The Hall–Kier alpha value is -2.66. The molecule has 0 radical (unpaired) electrons. The van der Waals surface area contributed by atoms with Crippen LogP contribution in [0.1, 0.15) is 40.9 Å². The van der Waals surface area contributed by atoms with E-state index in [-0.39, 0.29) is 17.7 Å². The highest BCUT2D eigenvalue weighted by Gasteiger charge is 2.39. The van der Waals surface area contributed by atoms with E-state index >= 15 is 0 Å². The van der Waals surface area contributed by atoms with Gasteiger partial charge in [0.05, 0.1) is 12.1 Å². The molecule has 5 nitrogen and oxygen atoms in total. The number of aliphatic hydroxyl groups is 1. The number of nitrogens with one attached hydrogen (secondary N) is 2. The number of rotatable bonds is 4. The van der Waals surface area contributed by atoms with Crippen molar-refractivity contribution in [3.8, 4) is 0 Å². The number of carbonyl (C=O) groups is 2. The topological polar surface area (TPSA) is 78.4 Å². The van der Waals surface area contributed by atoms with Crippen LogP contribution in [0.4, 0.5) is 5.69 Å². The Morgan fingerprint density at radius 3 is 2.65 bits per heavy atom. The molecule has 1 saturated carbocycles. The first kappa shape index (κ1) is 16.8. The van der Waals surface area contributed by atoms with Crippen LogP contribution in [0.2, 0.25) is 0 Å². The van der Waals surface area contributed by atoms with Crippen molar-refractivity contribution in [2.75, 3.05) is 5.32 Å². The van der Waals surface area contributed by atoms with Crippen LogP contribution in [0.5, 0.6) is 0 Å². The molecule has 0 saturated heterocycles. The average molecular weight is 350 g/mol. The lowest BCUT2D eigenvalue weighted by Crippen LogP contribution is -2.33. The van der Waals surface area contributed by atoms with Crippen LogP contribution in [0.25, 0.3) is 0 Å². The number of fused-ring (bicyclic) bond motifs is 1. The second-order valence-electron chi connectivity index (χ2n) is 7.31. The summed E-state index contributed by atoms with van der Waals surface area (Å²) in [6, 6.07) is 14.2. The predicted molar refractivity (Wildman–Crippen MR) is 98.7 cm³/mol. The molecule has 26 heavy (non-hydrogen) atoms. The molecule has 2 aliphatic carbocycles. The number of carbonyl (C=O) groups excluding carboxylic acids is 2. The van der Waals surface area contributed by atoms with Crippen molar-refractivity contribution in [3.63, 3.8) is 0 Å². The maximum Gasteiger partial charge on any atom is 0.251 e. The van der Waals surface area contributed by atoms with Gasteiger partial charge in [-0.05, 0) is 41.7 Å². The van der Waals surface area contributed by atoms with Gasteiger partial charge in [0.1, 0.15) is 0 Å². The molecule has 2 amide bonds. The Morgan fingerprint density at radius 2 is 1.88 bits per heavy atom. The molecule has 134 valence electrons. The van der Waals surface area contributed by atoms with Crippen LogP contribution < -0.4 is 10.6 Å². The van der Waals surface area contributed by atoms with Crippen LogP contribution in [0, 0.1) is 11.8 Å². The molecule has 0 aromatic heterocycles. The van der Waals surface area contributed by atoms with Gasteiger partial charge in [0.25, 0.3) is 5.91 Å². The molecule has 5 heteroatoms. The molecule has 4 atom stereocenters. The third-order valence-corrected chi connectivity index (χ3v) is 5.33. The fourth-order valence-electron chi connectivity index (χ4n) is 3.63. The molecule has 0 bridgehead atoms. The standard InChI is InChI=1S/C21H22N2O3/c1-12-9-17(12)21(26)22-15-7-4-6-14(10-15)20(25)23-19-16-8-3-2-5-13(16)11-18(19)24/h2-8,10,12,17-19,24H,9,11H2,1H3,(H,22,26)(H,23,25)/t12?,17?,18-,19+/m1/s1. The van der Waals surface area contributed by atoms with Gasteiger partial charge in [-0.2, -0.15) is 0 Å². The molecule has 1 fully saturated rings. The second-order valence-corrected chi connectivity index (χ2v) is 7.31. The van der Waals surface area contributed by atoms with Crippen molar-refractivity contribution >= 4 is 17.5 Å². The zero-order valence-electron chi connectivity index (χ0n) is 14.6. The number of anilines is 1. The van der Waals surface area contributed by atoms with E-state index in [9.17, 15) is 14.7 Å². The number of aliphatic hydroxyl groups excluding tert-OH is 1. The highest BCUT2D eigenvalue weighted by atomic mass is 16.3. The minimum absolute atomic E-state index is 0.00945. The van der Waals surface area contributed by atoms with Crippen LogP contribution in [-0.2, 0) is 11.2 Å². The van der Waals surface area contributed by atoms with E-state index in [1.54, 1.807) is 24.3 Å². The molecule has 0 aliphatic heterocycles. The average Bonchev–Trinajstić information content (AvgIpc) is 3.29. The summed E-state index contributed by atoms with van der Waals surface area (Å²) >= 11 is 0. The van der Waals surface area contributed by atoms with Gasteiger partial charge in [0.2, 0.25) is 5.91 Å². The van der Waals surface area contributed by atoms with Gasteiger partial charge in [0.15, 0.2) is 0 Å². The molecular weight excluding hydrogens is 328 g/mol. The second kappa shape index (κ2) is 6.57. The van der Waals surface area contributed by atoms with Crippen molar-refractivity contribution in [3.05, 3.63) is 65.2 Å². The van der Waals surface area contributed by atoms with Gasteiger partial charge in [-0.1, -0.05) is 37.3 Å². The van der Waals surface area contributed by atoms with E-state index in [1.807, 2.05) is 24.3 Å². The van der Waals surface area contributed by atoms with Crippen molar-refractivity contribution in [1.29, 1.82) is 0 Å². The molecule has 0 heterocycles. The highest BCUT2D eigenvalue weighted by Crippen LogP contribution is 2.38. The fourth-order valence-corrected chi connectivity index (χ4v) is 3.63. The van der Waals surface area contributed by atoms with Gasteiger partial charge >= 0.3 is 0 Å². The summed E-state index contributed by atoms with van der Waals surface area (Å²) < 4.78 is 0. The first-order valence-electron chi connectivity index (χ1n) is 9.00. The normalized spacial score (nSPS) is 26.1. The van der Waals surface area contributed by atoms with Crippen molar-refractivity contribution < 1.29 is 14.7 Å². The number of amides is 2. The zero-order chi connectivity index (χ0) is 18.3. The molecule has 2 aromatic rings. The Kier molecular flexibility index (Phi) is 4.24. The first-order chi connectivity index (χ1) is 12.5. The van der Waals surface area contributed by atoms with E-state index in [4.69, 9.17) is 0 Å². The zero-order valence-corrected chi connectivity index (χ0v) is 14.6. The maximum atomic E-state index is 12.7. The molecular formula is C21H22N2O3. The summed E-state index contributed by atoms with van der Waals surface area (Å²) in [4.78, 5) is 24.7. The van der Waals surface area contributed by atoms with Crippen molar-refractivity contribution in [2.24, 2.45) is 11.8 Å². The Bertz CT molecular complexity index is 864. The van der Waals surface area contributed by atoms with Gasteiger partial charge in [-0.25, -0.2) is 0 Å². The third-order valence-electron chi connectivity index (χ3n) is 5.33. The van der Waals surface area contributed by atoms with E-state index in [1.165, 1.54) is 0 Å². The summed E-state index contributed by atoms with van der Waals surface area (Å²) in [5, 5.41) is 16.1. The Morgan fingerprint density at radius 1 is 1.12 bits per heavy atom. The van der Waals surface area contributed by atoms with Gasteiger partial charge in [-0.15, -0.1) is 0 Å². The molecule has 3 N–H and O–H groups in total. The molecule has 2 aliphatic rings. The van der Waals surface area contributed by atoms with E-state index < -0.39 is 12.1 Å². The van der Waals surface area contributed by atoms with Crippen LogP contribution >= 0.6 is 0 Å². The quantitative estimate of drug-likeness (QED) is 0.793. The largest absolute Gasteiger partial charge is 0.390 e. The van der Waals surface area contributed by atoms with Crippen molar-refractivity contribution in [2.45, 2.75) is 31.9 Å². The minimum Gasteiger partial charge on any atom is -0.390 e. The first-order valence-corrected chi connectivity index (χ1v) is 9.00. The molecule has 0 spiro atoms. The van der Waals surface area contributed by atoms with Gasteiger partial charge in [-0.3, -0.25) is 9.59 Å². The third kappa shape index (κ3) is 3.22. The van der Waals surface area contributed by atoms with Crippen molar-refractivity contribution in [1.82, 2.24) is 5.32 Å². The molecule has 2 aromatic carbocycles. The lowest BCUT2D eigenvalue weighted by Gasteiger charge is -2.18. The molecule has 4 rings (SSSR count). The van der Waals surface area contributed by atoms with E-state index in [0.717, 1.165) is 17.5 Å². The van der Waals surface area contributed by atoms with E-state index in [0.29, 0.717) is 23.6 Å². The summed E-state index contributed by atoms with van der Waals surface area (Å²) in [7, 11) is 0. The van der Waals surface area contributed by atoms with Crippen LogP contribution in [0.3, 0.4) is 0 Å². The lowest BCUT2D eigenvalue weighted by molar-refractivity contribution is -0.117. The lowest BCUT2D eigenvalue weighted by atomic mass is 10.1. The predicted octanol–water partition coefficient (Wildman–Crippen LogP) is 2.67. The summed E-state index contributed by atoms with van der Waals surface area (Å²) in [5.41, 5.74) is 3.10. The Labute approximate surface area is 152 Å². The number of hydrogen-bond acceptors (Lipinski definition) is 3. The Balaban J connectivity index is 1.47. The molecule has 2 unspecified atom stereocenters. The van der Waals surface area contributed by atoms with Crippen LogP contribution in [0.15, 0.2) is 48.5 Å².